The molecule has 1 N–H and O–H groups in total. The summed E-state index contributed by atoms with van der Waals surface area (Å²) < 4.78 is 10.2. The Morgan fingerprint density at radius 1 is 1.57 bits per heavy atom. The van der Waals surface area contributed by atoms with Gasteiger partial charge in [0.25, 0.3) is 0 Å². The van der Waals surface area contributed by atoms with E-state index in [4.69, 9.17) is 19.5 Å². The van der Waals surface area contributed by atoms with Gasteiger partial charge in [-0.15, -0.1) is 0 Å². The van der Waals surface area contributed by atoms with Crippen LogP contribution < -0.4 is 4.74 Å². The second-order valence-corrected chi connectivity index (χ2v) is 4.74. The summed E-state index contributed by atoms with van der Waals surface area (Å²) in [5, 5.41) is 28.5. The molecule has 0 aliphatic rings. The topological polar surface area (TPSA) is 139 Å². The second kappa shape index (κ2) is 5.75. The molecule has 21 heavy (non-hydrogen) atoms. The fourth-order valence-corrected chi connectivity index (χ4v) is 2.09. The highest BCUT2D eigenvalue weighted by atomic mass is 127. The van der Waals surface area contributed by atoms with Crippen LogP contribution in [0.15, 0.2) is 22.8 Å². The van der Waals surface area contributed by atoms with Crippen LogP contribution >= 0.6 is 22.6 Å². The van der Waals surface area contributed by atoms with Gasteiger partial charge in [0.05, 0.1) is 20.1 Å². The number of nitro groups is 1. The molecule has 1 aromatic heterocycles. The van der Waals surface area contributed by atoms with Crippen molar-refractivity contribution in [1.82, 2.24) is 4.98 Å². The molecule has 0 fully saturated rings. The predicted octanol–water partition coefficient (Wildman–Crippen LogP) is 2.55. The zero-order valence-corrected chi connectivity index (χ0v) is 12.1. The van der Waals surface area contributed by atoms with Gasteiger partial charge in [-0.3, -0.25) is 10.1 Å². The highest BCUT2D eigenvalue weighted by Gasteiger charge is 2.23. The molecule has 0 aliphatic heterocycles. The molecule has 0 unspecified atom stereocenters. The van der Waals surface area contributed by atoms with E-state index >= 15 is 0 Å². The summed E-state index contributed by atoms with van der Waals surface area (Å²) in [4.78, 5) is 24.5. The Balaban J connectivity index is 2.45. The standard InChI is InChI=1S/C11H4IN3O6/c12-6-1-5(3-13)2-8(15(18)19)9(6)21-11-14-7(4-20-11)10(16)17/h1-2,4H,(H,16,17). The second-order valence-electron chi connectivity index (χ2n) is 3.58. The number of ether oxygens (including phenoxy) is 1. The van der Waals surface area contributed by atoms with Crippen LogP contribution in [-0.4, -0.2) is 21.0 Å². The Bertz CT molecular complexity index is 779. The predicted molar refractivity (Wildman–Crippen MR) is 74.1 cm³/mol. The molecule has 0 saturated carbocycles. The summed E-state index contributed by atoms with van der Waals surface area (Å²) in [6.45, 7) is 0. The van der Waals surface area contributed by atoms with Gasteiger partial charge < -0.3 is 14.3 Å². The van der Waals surface area contributed by atoms with Crippen molar-refractivity contribution < 1.29 is 24.0 Å². The molecule has 0 amide bonds. The highest BCUT2D eigenvalue weighted by Crippen LogP contribution is 2.36. The average Bonchev–Trinajstić information content (AvgIpc) is 2.89. The van der Waals surface area contributed by atoms with Gasteiger partial charge in [0.15, 0.2) is 5.69 Å². The van der Waals surface area contributed by atoms with Crippen LogP contribution in [0.25, 0.3) is 0 Å². The number of halogens is 1. The molecule has 9 nitrogen and oxygen atoms in total. The first kappa shape index (κ1) is 14.7. The van der Waals surface area contributed by atoms with Gasteiger partial charge in [0.2, 0.25) is 5.75 Å². The van der Waals surface area contributed by atoms with Crippen molar-refractivity contribution in [3.05, 3.63) is 43.3 Å². The molecule has 0 aliphatic carbocycles. The van der Waals surface area contributed by atoms with Crippen LogP contribution in [0.3, 0.4) is 0 Å². The number of carboxylic acids is 1. The van der Waals surface area contributed by atoms with Crippen molar-refractivity contribution in [2.45, 2.75) is 0 Å². The summed E-state index contributed by atoms with van der Waals surface area (Å²) >= 11 is 1.75. The zero-order valence-electron chi connectivity index (χ0n) is 9.94. The Labute approximate surface area is 130 Å². The first-order chi connectivity index (χ1) is 9.92. The summed E-state index contributed by atoms with van der Waals surface area (Å²) in [5.74, 6) is -1.50. The van der Waals surface area contributed by atoms with E-state index in [1.165, 1.54) is 6.07 Å². The van der Waals surface area contributed by atoms with E-state index in [2.05, 4.69) is 4.98 Å². The first-order valence-corrected chi connectivity index (χ1v) is 6.25. The molecule has 2 rings (SSSR count). The lowest BCUT2D eigenvalue weighted by Gasteiger charge is -2.05. The summed E-state index contributed by atoms with van der Waals surface area (Å²) in [6, 6.07) is 4.21. The average molecular weight is 401 g/mol. The fraction of sp³-hybridized carbons (Fsp3) is 0. The smallest absolute Gasteiger partial charge is 0.400 e. The number of hydrogen-bond donors (Lipinski definition) is 1. The first-order valence-electron chi connectivity index (χ1n) is 5.17. The SMILES string of the molecule is N#Cc1cc(I)c(Oc2nc(C(=O)O)co2)c([N+](=O)[O-])c1. The van der Waals surface area contributed by atoms with Crippen molar-refractivity contribution in [2.75, 3.05) is 0 Å². The molecule has 0 spiro atoms. The highest BCUT2D eigenvalue weighted by molar-refractivity contribution is 14.1. The number of carboxylic acid groups (broad SMARTS) is 1. The third-order valence-electron chi connectivity index (χ3n) is 2.24. The Hall–Kier alpha value is -2.68. The molecule has 106 valence electrons. The third-order valence-corrected chi connectivity index (χ3v) is 3.04. The number of nitro benzene ring substituents is 1. The number of oxazole rings is 1. The van der Waals surface area contributed by atoms with E-state index < -0.39 is 28.4 Å². The van der Waals surface area contributed by atoms with Crippen LogP contribution in [0.1, 0.15) is 16.1 Å². The lowest BCUT2D eigenvalue weighted by molar-refractivity contribution is -0.385. The van der Waals surface area contributed by atoms with Crippen molar-refractivity contribution in [2.24, 2.45) is 0 Å². The van der Waals surface area contributed by atoms with Gasteiger partial charge in [0.1, 0.15) is 6.26 Å². The molecule has 0 radical (unpaired) electrons. The van der Waals surface area contributed by atoms with Gasteiger partial charge in [0, 0.05) is 6.07 Å². The molecule has 0 bridgehead atoms. The van der Waals surface area contributed by atoms with E-state index in [-0.39, 0.29) is 14.9 Å². The van der Waals surface area contributed by atoms with Gasteiger partial charge in [-0.25, -0.2) is 4.79 Å². The van der Waals surface area contributed by atoms with Crippen molar-refractivity contribution >= 4 is 34.2 Å². The van der Waals surface area contributed by atoms with Gasteiger partial charge in [-0.05, 0) is 28.7 Å². The molecular weight excluding hydrogens is 397 g/mol. The van der Waals surface area contributed by atoms with E-state index in [1.807, 2.05) is 0 Å². The Kier molecular flexibility index (Phi) is 4.03. The number of nitrogens with zero attached hydrogens (tertiary/aromatic N) is 3. The van der Waals surface area contributed by atoms with Crippen LogP contribution in [0.2, 0.25) is 0 Å². The molecule has 1 aromatic carbocycles. The van der Waals surface area contributed by atoms with Gasteiger partial charge >= 0.3 is 17.7 Å². The molecule has 10 heteroatoms. The van der Waals surface area contributed by atoms with Crippen LogP contribution in [0, 0.1) is 25.0 Å². The number of carbonyl (C=O) groups is 1. The zero-order chi connectivity index (χ0) is 15.6. The number of aromatic nitrogens is 1. The molecular formula is C11H4IN3O6. The maximum atomic E-state index is 11.0. The van der Waals surface area contributed by atoms with E-state index in [0.29, 0.717) is 0 Å². The quantitative estimate of drug-likeness (QED) is 0.468. The number of hydrogen-bond acceptors (Lipinski definition) is 7. The number of rotatable bonds is 4. The summed E-state index contributed by atoms with van der Waals surface area (Å²) in [5.41, 5.74) is -0.748. The van der Waals surface area contributed by atoms with E-state index in [9.17, 15) is 14.9 Å². The maximum Gasteiger partial charge on any atom is 0.400 e. The largest absolute Gasteiger partial charge is 0.476 e. The van der Waals surface area contributed by atoms with Crippen LogP contribution in [0.4, 0.5) is 5.69 Å². The third kappa shape index (κ3) is 3.08. The number of nitriles is 1. The van der Waals surface area contributed by atoms with Gasteiger partial charge in [-0.2, -0.15) is 10.2 Å². The Morgan fingerprint density at radius 3 is 2.81 bits per heavy atom. The molecule has 1 heterocycles. The lowest BCUT2D eigenvalue weighted by atomic mass is 10.2. The van der Waals surface area contributed by atoms with Crippen LogP contribution in [-0.2, 0) is 0 Å². The number of benzene rings is 1. The van der Waals surface area contributed by atoms with E-state index in [0.717, 1.165) is 12.3 Å². The van der Waals surface area contributed by atoms with Gasteiger partial charge in [-0.1, -0.05) is 0 Å². The van der Waals surface area contributed by atoms with Crippen molar-refractivity contribution in [3.8, 4) is 17.9 Å². The molecule has 2 aromatic rings. The monoisotopic (exact) mass is 401 g/mol. The van der Waals surface area contributed by atoms with Crippen molar-refractivity contribution in [1.29, 1.82) is 5.26 Å². The Morgan fingerprint density at radius 2 is 2.29 bits per heavy atom. The minimum absolute atomic E-state index is 0.0945. The molecule has 0 saturated heterocycles. The molecule has 0 atom stereocenters. The minimum atomic E-state index is -1.32. The lowest BCUT2D eigenvalue weighted by Crippen LogP contribution is -1.99. The van der Waals surface area contributed by atoms with E-state index in [1.54, 1.807) is 28.7 Å². The van der Waals surface area contributed by atoms with Crippen LogP contribution in [0.5, 0.6) is 11.8 Å². The fourth-order valence-electron chi connectivity index (χ4n) is 1.37. The summed E-state index contributed by atoms with van der Waals surface area (Å²) in [6.07, 6.45) is 0.401. The van der Waals surface area contributed by atoms with Crippen molar-refractivity contribution in [3.63, 3.8) is 0 Å². The minimum Gasteiger partial charge on any atom is -0.476 e. The number of aromatic carboxylic acids is 1. The maximum absolute atomic E-state index is 11.0. The summed E-state index contributed by atoms with van der Waals surface area (Å²) in [7, 11) is 0. The normalized spacial score (nSPS) is 9.90.